The van der Waals surface area contributed by atoms with Crippen molar-refractivity contribution in [1.29, 1.82) is 0 Å². The number of amides is 6. The molecule has 0 unspecified atom stereocenters. The van der Waals surface area contributed by atoms with Crippen molar-refractivity contribution in [3.8, 4) is 0 Å². The molecule has 0 saturated carbocycles. The van der Waals surface area contributed by atoms with Crippen LogP contribution < -0.4 is 28.1 Å². The number of hydrazine groups is 2. The normalized spacial score (nSPS) is 7.14. The molecule has 0 spiro atoms. The van der Waals surface area contributed by atoms with Crippen LogP contribution in [0.2, 0.25) is 0 Å². The summed E-state index contributed by atoms with van der Waals surface area (Å²) in [6.07, 6.45) is 0. The Bertz CT molecular complexity index is 206. The van der Waals surface area contributed by atoms with Crippen molar-refractivity contribution >= 4 is 55.8 Å². The number of hydrogen-bond acceptors (Lipinski definition) is 3. The van der Waals surface area contributed by atoms with Gasteiger partial charge in [0.2, 0.25) is 0 Å². The second-order valence-electron chi connectivity index (χ2n) is 1.63. The van der Waals surface area contributed by atoms with Crippen molar-refractivity contribution in [1.82, 2.24) is 16.0 Å². The molecule has 0 aromatic rings. The summed E-state index contributed by atoms with van der Waals surface area (Å²) in [4.78, 5) is 30.7. The van der Waals surface area contributed by atoms with E-state index in [9.17, 15) is 14.4 Å². The number of urea groups is 3. The van der Waals surface area contributed by atoms with Gasteiger partial charge in [0, 0.05) is 0 Å². The van der Waals surface area contributed by atoms with E-state index in [0.29, 0.717) is 0 Å². The number of nitrogens with one attached hydrogen (secondary N) is 2. The van der Waals surface area contributed by atoms with Gasteiger partial charge in [0.15, 0.2) is 0 Å². The predicted molar refractivity (Wildman–Crippen MR) is 51.2 cm³/mol. The Morgan fingerprint density at radius 1 is 0.857 bits per heavy atom. The van der Waals surface area contributed by atoms with Gasteiger partial charge >= 0.3 is 55.8 Å². The van der Waals surface area contributed by atoms with Crippen molar-refractivity contribution < 1.29 is 14.4 Å². The second kappa shape index (κ2) is 8.60. The average Bonchev–Trinajstić information content (AvgIpc) is 1.83. The first-order valence-corrected chi connectivity index (χ1v) is 2.65. The monoisotopic (exact) mass is 192 g/mol. The zero-order valence-electron chi connectivity index (χ0n) is 5.90. The molecule has 0 aliphatic heterocycles. The predicted octanol–water partition coefficient (Wildman–Crippen LogP) is -3.76. The van der Waals surface area contributed by atoms with Gasteiger partial charge in [-0.1, -0.05) is 0 Å². The van der Waals surface area contributed by atoms with Crippen LogP contribution in [0.1, 0.15) is 0 Å². The molecule has 0 fully saturated rings. The molecule has 0 atom stereocenters. The topological polar surface area (TPSA) is 157 Å². The maximum atomic E-state index is 10.4. The molecule has 14 heavy (non-hydrogen) atoms. The van der Waals surface area contributed by atoms with Crippen molar-refractivity contribution in [3.05, 3.63) is 0 Å². The van der Waals surface area contributed by atoms with Crippen molar-refractivity contribution in [2.75, 3.05) is 0 Å². The Kier molecular flexibility index (Phi) is 11.5. The molecule has 0 rings (SSSR count). The molecule has 6 amide bonds. The Morgan fingerprint density at radius 2 is 1.14 bits per heavy atom. The van der Waals surface area contributed by atoms with Gasteiger partial charge < -0.3 is 17.2 Å². The van der Waals surface area contributed by atoms with Gasteiger partial charge in [0.05, 0.1) is 0 Å². The first-order chi connectivity index (χ1) is 5.43. The van der Waals surface area contributed by atoms with Crippen molar-refractivity contribution in [3.63, 3.8) is 0 Å². The van der Waals surface area contributed by atoms with Crippen LogP contribution in [0.25, 0.3) is 0 Å². The average molecular weight is 192 g/mol. The third kappa shape index (κ3) is 9.10. The molecule has 0 aliphatic carbocycles. The molecule has 0 aliphatic rings. The Balaban J connectivity index is -0.000000605. The molecule has 0 heterocycles. The van der Waals surface area contributed by atoms with Crippen LogP contribution >= 0.6 is 0 Å². The number of carbonyl (C=O) groups is 3. The van der Waals surface area contributed by atoms with Gasteiger partial charge in [0.1, 0.15) is 0 Å². The molecule has 0 bridgehead atoms. The zero-order valence-corrected chi connectivity index (χ0v) is 5.90. The number of rotatable bonds is 0. The Hall–Kier alpha value is -0.995. The fourth-order valence-corrected chi connectivity index (χ4v) is 0.359. The summed E-state index contributed by atoms with van der Waals surface area (Å²) in [5.74, 6) is 0. The summed E-state index contributed by atoms with van der Waals surface area (Å²) in [6, 6.07) is -3.27. The van der Waals surface area contributed by atoms with Gasteiger partial charge in [0.25, 0.3) is 0 Å². The van der Waals surface area contributed by atoms with E-state index in [1.807, 2.05) is 0 Å². The second-order valence-corrected chi connectivity index (χ2v) is 1.63. The Morgan fingerprint density at radius 3 is 1.29 bits per heavy atom. The van der Waals surface area contributed by atoms with E-state index in [4.69, 9.17) is 0 Å². The molecule has 9 nitrogen and oxygen atoms in total. The molecular formula is C3H10Li2N6O3. The number of nitrogens with zero attached hydrogens (tertiary/aromatic N) is 1. The SMILES string of the molecule is NC(=O)NN(NC(N)=O)C(N)=O.[LiH].[LiH]. The van der Waals surface area contributed by atoms with Gasteiger partial charge in [-0.3, -0.25) is 0 Å². The summed E-state index contributed by atoms with van der Waals surface area (Å²) in [5, 5.41) is 0.255. The van der Waals surface area contributed by atoms with E-state index in [-0.39, 0.29) is 42.8 Å². The van der Waals surface area contributed by atoms with E-state index in [0.717, 1.165) is 0 Å². The fourth-order valence-electron chi connectivity index (χ4n) is 0.359. The van der Waals surface area contributed by atoms with Crippen molar-refractivity contribution in [2.24, 2.45) is 17.2 Å². The van der Waals surface area contributed by atoms with E-state index < -0.39 is 18.1 Å². The van der Waals surface area contributed by atoms with Crippen LogP contribution in [0.4, 0.5) is 14.4 Å². The molecule has 11 heteroatoms. The molecule has 0 aromatic carbocycles. The van der Waals surface area contributed by atoms with Crippen LogP contribution in [0.3, 0.4) is 0 Å². The van der Waals surface area contributed by atoms with E-state index in [1.165, 1.54) is 0 Å². The number of nitrogens with two attached hydrogens (primary N) is 3. The maximum absolute atomic E-state index is 10.4. The molecule has 72 valence electrons. The summed E-state index contributed by atoms with van der Waals surface area (Å²) >= 11 is 0. The third-order valence-electron chi connectivity index (χ3n) is 0.664. The van der Waals surface area contributed by atoms with E-state index in [2.05, 4.69) is 17.2 Å². The molecule has 0 radical (unpaired) electrons. The Labute approximate surface area is 103 Å². The number of primary amides is 3. The van der Waals surface area contributed by atoms with Gasteiger partial charge in [-0.05, 0) is 0 Å². The molecule has 8 N–H and O–H groups in total. The minimum atomic E-state index is -1.13. The summed E-state index contributed by atoms with van der Waals surface area (Å²) in [5.41, 5.74) is 17.3. The van der Waals surface area contributed by atoms with Crippen LogP contribution in [-0.2, 0) is 0 Å². The fraction of sp³-hybridized carbons (Fsp3) is 0. The van der Waals surface area contributed by atoms with Gasteiger partial charge in [-0.2, -0.15) is 0 Å². The quantitative estimate of drug-likeness (QED) is 0.197. The van der Waals surface area contributed by atoms with Crippen LogP contribution in [0, 0.1) is 0 Å². The van der Waals surface area contributed by atoms with Gasteiger partial charge in [-0.15, -0.1) is 5.12 Å². The van der Waals surface area contributed by atoms with Crippen LogP contribution in [0.15, 0.2) is 0 Å². The van der Waals surface area contributed by atoms with Crippen LogP contribution in [-0.4, -0.2) is 60.9 Å². The summed E-state index contributed by atoms with van der Waals surface area (Å²) in [6.45, 7) is 0. The summed E-state index contributed by atoms with van der Waals surface area (Å²) in [7, 11) is 0. The van der Waals surface area contributed by atoms with E-state index >= 15 is 0 Å². The number of hydrogen-bond donors (Lipinski definition) is 5. The molecule has 0 aromatic heterocycles. The standard InChI is InChI=1S/C3H8N6O3.2Li.2H/c4-1(10)7-9(3(6)12)8-2(5)11;;;;/h(H2,6,12)(H3,4,7,10)(H3,5,8,11);;;;. The first-order valence-electron chi connectivity index (χ1n) is 2.65. The molecule has 0 saturated heterocycles. The minimum absolute atomic E-state index is 0. The van der Waals surface area contributed by atoms with E-state index in [1.54, 1.807) is 10.9 Å². The molecular weight excluding hydrogens is 182 g/mol. The van der Waals surface area contributed by atoms with Crippen LogP contribution in [0.5, 0.6) is 0 Å². The van der Waals surface area contributed by atoms with Gasteiger partial charge in [-0.25, -0.2) is 25.2 Å². The number of carbonyl (C=O) groups excluding carboxylic acids is 3. The third-order valence-corrected chi connectivity index (χ3v) is 0.664. The summed E-state index contributed by atoms with van der Waals surface area (Å²) < 4.78 is 0. The zero-order chi connectivity index (χ0) is 9.72. The van der Waals surface area contributed by atoms with Crippen molar-refractivity contribution in [2.45, 2.75) is 0 Å². The first kappa shape index (κ1) is 18.7.